The van der Waals surface area contributed by atoms with E-state index in [1.165, 1.54) is 18.4 Å². The first kappa shape index (κ1) is 22.4. The van der Waals surface area contributed by atoms with E-state index in [0.29, 0.717) is 12.2 Å². The summed E-state index contributed by atoms with van der Waals surface area (Å²) in [4.78, 5) is 17.6. The summed E-state index contributed by atoms with van der Waals surface area (Å²) in [5.41, 5.74) is 1.36. The van der Waals surface area contributed by atoms with Crippen LogP contribution in [0.25, 0.3) is 6.08 Å². The van der Waals surface area contributed by atoms with Crippen LogP contribution >= 0.6 is 0 Å². The van der Waals surface area contributed by atoms with E-state index in [2.05, 4.69) is 11.8 Å². The molecule has 1 saturated heterocycles. The summed E-state index contributed by atoms with van der Waals surface area (Å²) >= 11 is 0. The second-order valence-electron chi connectivity index (χ2n) is 11.7. The largest absolute Gasteiger partial charge is 0.504 e. The van der Waals surface area contributed by atoms with Crippen molar-refractivity contribution >= 4 is 12.0 Å². The number of likely N-dealkylation sites (tertiary alicyclic amines) is 1. The Hall–Kier alpha value is -2.77. The maximum absolute atomic E-state index is 13.3. The van der Waals surface area contributed by atoms with Crippen molar-refractivity contribution in [3.63, 3.8) is 0 Å². The zero-order chi connectivity index (χ0) is 24.8. The minimum Gasteiger partial charge on any atom is -0.504 e. The molecule has 3 aliphatic carbocycles. The molecule has 2 aliphatic heterocycles. The number of carbonyl (C=O) groups is 1. The average molecular weight is 491 g/mol. The van der Waals surface area contributed by atoms with Gasteiger partial charge in [-0.05, 0) is 74.3 Å². The molecule has 2 aromatic rings. The van der Waals surface area contributed by atoms with Gasteiger partial charge in [0.15, 0.2) is 11.5 Å². The molecule has 3 fully saturated rings. The molecular formula is C29H34N2O5. The van der Waals surface area contributed by atoms with Gasteiger partial charge in [-0.2, -0.15) is 0 Å². The lowest BCUT2D eigenvalue weighted by molar-refractivity contribution is -0.224. The van der Waals surface area contributed by atoms with Crippen LogP contribution in [0.15, 0.2) is 41.2 Å². The molecule has 7 rings (SSSR count). The minimum atomic E-state index is -0.982. The van der Waals surface area contributed by atoms with Crippen molar-refractivity contribution in [1.82, 2.24) is 9.80 Å². The quantitative estimate of drug-likeness (QED) is 0.626. The fraction of sp³-hybridized carbons (Fsp3) is 0.552. The number of aromatic hydroxyl groups is 1. The van der Waals surface area contributed by atoms with Gasteiger partial charge in [0.1, 0.15) is 6.10 Å². The topological polar surface area (TPSA) is 86.4 Å². The Morgan fingerprint density at radius 1 is 1.31 bits per heavy atom. The molecule has 190 valence electrons. The van der Waals surface area contributed by atoms with Crippen molar-refractivity contribution in [2.45, 2.75) is 68.2 Å². The van der Waals surface area contributed by atoms with E-state index in [1.807, 2.05) is 19.2 Å². The van der Waals surface area contributed by atoms with Gasteiger partial charge in [-0.25, -0.2) is 0 Å². The molecule has 7 nitrogen and oxygen atoms in total. The Kier molecular flexibility index (Phi) is 4.75. The highest BCUT2D eigenvalue weighted by Crippen LogP contribution is 2.67. The molecule has 1 amide bonds. The maximum Gasteiger partial charge on any atom is 0.246 e. The first-order valence-corrected chi connectivity index (χ1v) is 13.3. The number of furan rings is 1. The Labute approximate surface area is 211 Å². The highest BCUT2D eigenvalue weighted by molar-refractivity contribution is 5.92. The van der Waals surface area contributed by atoms with Gasteiger partial charge in [-0.15, -0.1) is 0 Å². The molecule has 6 atom stereocenters. The number of hydrogen-bond acceptors (Lipinski definition) is 6. The summed E-state index contributed by atoms with van der Waals surface area (Å²) in [6, 6.07) is 5.35. The Morgan fingerprint density at radius 2 is 2.14 bits per heavy atom. The summed E-state index contributed by atoms with van der Waals surface area (Å²) in [5.74, 6) is 1.23. The third kappa shape index (κ3) is 2.84. The Bertz CT molecular complexity index is 1240. The van der Waals surface area contributed by atoms with E-state index in [4.69, 9.17) is 9.15 Å². The first-order chi connectivity index (χ1) is 17.3. The number of phenolic OH excluding ortho intramolecular Hbond substituents is 1. The fourth-order valence-corrected chi connectivity index (χ4v) is 8.07. The van der Waals surface area contributed by atoms with E-state index in [0.717, 1.165) is 43.0 Å². The average Bonchev–Trinajstić information content (AvgIpc) is 3.38. The second-order valence-corrected chi connectivity index (χ2v) is 11.7. The number of piperidine rings is 1. The summed E-state index contributed by atoms with van der Waals surface area (Å²) < 4.78 is 11.7. The predicted octanol–water partition coefficient (Wildman–Crippen LogP) is 3.34. The summed E-state index contributed by atoms with van der Waals surface area (Å²) in [5, 5.41) is 23.7. The van der Waals surface area contributed by atoms with Gasteiger partial charge >= 0.3 is 0 Å². The van der Waals surface area contributed by atoms with Crippen molar-refractivity contribution in [2.75, 3.05) is 20.1 Å². The van der Waals surface area contributed by atoms with Gasteiger partial charge in [0.25, 0.3) is 0 Å². The van der Waals surface area contributed by atoms with Gasteiger partial charge in [-0.3, -0.25) is 9.69 Å². The van der Waals surface area contributed by atoms with Crippen LogP contribution < -0.4 is 4.74 Å². The number of ether oxygens (including phenoxy) is 1. The normalized spacial score (nSPS) is 36.5. The standard InChI is InChI=1S/C29H34N2O5/c1-17-13-21(30(2)24(33)8-5-19-9-12-35-16-19)27-28-10-11-31(15-18-3-4-18)23(29(17,28)34)14-20-6-7-22(32)26(36-27)25(20)28/h5-9,12,16-18,21,23,27,32,34H,3-4,10-11,13-15H2,1-2H3/b8-5+/t17-,21+,23+,27-,28-,29+/m0/s1. The molecular weight excluding hydrogens is 456 g/mol. The lowest BCUT2D eigenvalue weighted by atomic mass is 9.45. The molecule has 1 spiro atoms. The molecule has 3 heterocycles. The lowest BCUT2D eigenvalue weighted by Gasteiger charge is -2.67. The van der Waals surface area contributed by atoms with Crippen molar-refractivity contribution in [3.8, 4) is 11.5 Å². The van der Waals surface area contributed by atoms with Crippen molar-refractivity contribution in [2.24, 2.45) is 11.8 Å². The van der Waals surface area contributed by atoms with E-state index in [9.17, 15) is 15.0 Å². The third-order valence-corrected chi connectivity index (χ3v) is 9.96. The van der Waals surface area contributed by atoms with Crippen LogP contribution in [0.2, 0.25) is 0 Å². The van der Waals surface area contributed by atoms with Crippen molar-refractivity contribution < 1.29 is 24.2 Å². The molecule has 7 heteroatoms. The lowest BCUT2D eigenvalue weighted by Crippen LogP contribution is -2.80. The summed E-state index contributed by atoms with van der Waals surface area (Å²) in [7, 11) is 1.83. The Morgan fingerprint density at radius 3 is 2.89 bits per heavy atom. The van der Waals surface area contributed by atoms with Crippen LogP contribution in [0.5, 0.6) is 11.5 Å². The molecule has 0 unspecified atom stereocenters. The molecule has 2 N–H and O–H groups in total. The zero-order valence-electron chi connectivity index (χ0n) is 20.9. The molecule has 2 bridgehead atoms. The van der Waals surface area contributed by atoms with E-state index in [1.54, 1.807) is 35.6 Å². The summed E-state index contributed by atoms with van der Waals surface area (Å²) in [6.45, 7) is 4.08. The van der Waals surface area contributed by atoms with Gasteiger partial charge in [0, 0.05) is 36.8 Å². The van der Waals surface area contributed by atoms with Crippen LogP contribution in [0.4, 0.5) is 0 Å². The summed E-state index contributed by atoms with van der Waals surface area (Å²) in [6.07, 6.45) is 10.8. The van der Waals surface area contributed by atoms with Gasteiger partial charge in [-0.1, -0.05) is 13.0 Å². The predicted molar refractivity (Wildman–Crippen MR) is 134 cm³/mol. The maximum atomic E-state index is 13.3. The van der Waals surface area contributed by atoms with Gasteiger partial charge in [0.2, 0.25) is 5.91 Å². The van der Waals surface area contributed by atoms with Crippen LogP contribution in [-0.4, -0.2) is 69.8 Å². The Balaban J connectivity index is 1.31. The number of amides is 1. The molecule has 36 heavy (non-hydrogen) atoms. The highest BCUT2D eigenvalue weighted by Gasteiger charge is 2.75. The number of hydrogen-bond donors (Lipinski definition) is 2. The van der Waals surface area contributed by atoms with Crippen molar-refractivity contribution in [3.05, 3.63) is 53.5 Å². The highest BCUT2D eigenvalue weighted by atomic mass is 16.5. The number of rotatable bonds is 5. The first-order valence-electron chi connectivity index (χ1n) is 13.3. The third-order valence-electron chi connectivity index (χ3n) is 9.96. The van der Waals surface area contributed by atoms with Crippen LogP contribution in [0, 0.1) is 11.8 Å². The number of benzene rings is 1. The van der Waals surface area contributed by atoms with Gasteiger partial charge in [0.05, 0.1) is 29.6 Å². The van der Waals surface area contributed by atoms with Crippen molar-refractivity contribution in [1.29, 1.82) is 0 Å². The molecule has 2 saturated carbocycles. The number of carbonyl (C=O) groups excluding carboxylic acids is 1. The second kappa shape index (κ2) is 7.62. The van der Waals surface area contributed by atoms with Crippen LogP contribution in [0.3, 0.4) is 0 Å². The van der Waals surface area contributed by atoms with E-state index >= 15 is 0 Å². The number of aliphatic hydroxyl groups is 1. The monoisotopic (exact) mass is 490 g/mol. The van der Waals surface area contributed by atoms with E-state index in [-0.39, 0.29) is 29.7 Å². The van der Waals surface area contributed by atoms with Crippen LogP contribution in [0.1, 0.15) is 49.3 Å². The number of phenols is 1. The molecule has 0 radical (unpaired) electrons. The van der Waals surface area contributed by atoms with E-state index < -0.39 is 17.1 Å². The van der Waals surface area contributed by atoms with Gasteiger partial charge < -0.3 is 24.3 Å². The molecule has 1 aromatic heterocycles. The fourth-order valence-electron chi connectivity index (χ4n) is 8.07. The van der Waals surface area contributed by atoms with Crippen LogP contribution in [-0.2, 0) is 16.6 Å². The molecule has 1 aromatic carbocycles. The smallest absolute Gasteiger partial charge is 0.246 e. The number of likely N-dealkylation sites (N-methyl/N-ethyl adjacent to an activating group) is 1. The molecule has 5 aliphatic rings. The minimum absolute atomic E-state index is 0.0129. The number of nitrogens with zero attached hydrogens (tertiary/aromatic N) is 2. The SMILES string of the molecule is C[C@H]1C[C@@H](N(C)C(=O)/C=C/c2ccoc2)[C@@H]2Oc3c(O)ccc4c3[C@@]23CCN(CC2CC2)[C@H](C4)[C@]13O. The zero-order valence-corrected chi connectivity index (χ0v) is 20.9.